The number of ether oxygens (including phenoxy) is 1. The number of benzene rings is 1. The van der Waals surface area contributed by atoms with Crippen LogP contribution < -0.4 is 4.74 Å². The smallest absolute Gasteiger partial charge is 0.226 e. The van der Waals surface area contributed by atoms with Gasteiger partial charge in [0.05, 0.1) is 13.5 Å². The van der Waals surface area contributed by atoms with Crippen LogP contribution in [0.5, 0.6) is 5.75 Å². The number of hydrogen-bond acceptors (Lipinski definition) is 2. The van der Waals surface area contributed by atoms with Crippen molar-refractivity contribution in [1.82, 2.24) is 0 Å². The first-order valence-corrected chi connectivity index (χ1v) is 4.02. The summed E-state index contributed by atoms with van der Waals surface area (Å²) in [6.07, 6.45) is 0.0466. The zero-order chi connectivity index (χ0) is 9.84. The number of carbonyl (C=O) groups is 1. The summed E-state index contributed by atoms with van der Waals surface area (Å²) in [6.45, 7) is 0. The van der Waals surface area contributed by atoms with E-state index in [0.29, 0.717) is 11.3 Å². The summed E-state index contributed by atoms with van der Waals surface area (Å²) in [5, 5.41) is -0.495. The van der Waals surface area contributed by atoms with E-state index in [4.69, 9.17) is 16.3 Å². The minimum absolute atomic E-state index is 0.0466. The summed E-state index contributed by atoms with van der Waals surface area (Å²) in [5.74, 6) is -0.0587. The lowest BCUT2D eigenvalue weighted by Crippen LogP contribution is -1.97. The van der Waals surface area contributed by atoms with Gasteiger partial charge in [-0.3, -0.25) is 4.79 Å². The lowest BCUT2D eigenvalue weighted by atomic mass is 10.1. The zero-order valence-electron chi connectivity index (χ0n) is 7.01. The quantitative estimate of drug-likeness (QED) is 0.702. The standard InChI is InChI=1S/C9H8ClFO2/c1-13-8-5-7(11)3-2-6(8)4-9(10)12/h2-3,5H,4H2,1H3. The molecule has 0 unspecified atom stereocenters. The van der Waals surface area contributed by atoms with E-state index in [1.807, 2.05) is 0 Å². The third kappa shape index (κ3) is 2.70. The molecule has 0 aliphatic carbocycles. The van der Waals surface area contributed by atoms with Gasteiger partial charge in [0.25, 0.3) is 0 Å². The Labute approximate surface area is 80.3 Å². The minimum atomic E-state index is -0.495. The molecule has 0 atom stereocenters. The molecule has 0 saturated carbocycles. The van der Waals surface area contributed by atoms with Gasteiger partial charge in [0, 0.05) is 11.6 Å². The first-order valence-electron chi connectivity index (χ1n) is 3.64. The Morgan fingerprint density at radius 3 is 2.85 bits per heavy atom. The fraction of sp³-hybridized carbons (Fsp3) is 0.222. The topological polar surface area (TPSA) is 26.3 Å². The Kier molecular flexibility index (Phi) is 3.25. The van der Waals surface area contributed by atoms with Crippen LogP contribution >= 0.6 is 11.6 Å². The van der Waals surface area contributed by atoms with Crippen LogP contribution in [0.2, 0.25) is 0 Å². The normalized spacial score (nSPS) is 9.77. The van der Waals surface area contributed by atoms with Gasteiger partial charge in [-0.1, -0.05) is 6.07 Å². The Hall–Kier alpha value is -1.09. The van der Waals surface area contributed by atoms with Crippen LogP contribution in [0.1, 0.15) is 5.56 Å². The number of rotatable bonds is 3. The summed E-state index contributed by atoms with van der Waals surface area (Å²) in [4.78, 5) is 10.6. The third-order valence-electron chi connectivity index (χ3n) is 1.58. The Morgan fingerprint density at radius 1 is 1.62 bits per heavy atom. The molecule has 1 aromatic carbocycles. The predicted molar refractivity (Wildman–Crippen MR) is 47.5 cm³/mol. The van der Waals surface area contributed by atoms with Gasteiger partial charge in [-0.2, -0.15) is 0 Å². The van der Waals surface area contributed by atoms with Crippen LogP contribution in [0, 0.1) is 5.82 Å². The van der Waals surface area contributed by atoms with Crippen molar-refractivity contribution in [3.05, 3.63) is 29.6 Å². The molecule has 70 valence electrons. The van der Waals surface area contributed by atoms with E-state index in [9.17, 15) is 9.18 Å². The van der Waals surface area contributed by atoms with E-state index in [1.165, 1.54) is 25.3 Å². The molecule has 1 rings (SSSR count). The first kappa shape index (κ1) is 9.99. The molecule has 1 aromatic rings. The molecular weight excluding hydrogens is 195 g/mol. The van der Waals surface area contributed by atoms with Gasteiger partial charge in [0.1, 0.15) is 11.6 Å². The SMILES string of the molecule is COc1cc(F)ccc1CC(=O)Cl. The van der Waals surface area contributed by atoms with Crippen LogP contribution in [0.15, 0.2) is 18.2 Å². The minimum Gasteiger partial charge on any atom is -0.496 e. The maximum absolute atomic E-state index is 12.7. The second kappa shape index (κ2) is 4.23. The van der Waals surface area contributed by atoms with Gasteiger partial charge in [-0.05, 0) is 17.7 Å². The van der Waals surface area contributed by atoms with Crippen molar-refractivity contribution in [2.24, 2.45) is 0 Å². The molecule has 0 aliphatic rings. The van der Waals surface area contributed by atoms with Gasteiger partial charge < -0.3 is 4.74 Å². The van der Waals surface area contributed by atoms with Crippen LogP contribution in [-0.2, 0) is 11.2 Å². The molecule has 13 heavy (non-hydrogen) atoms. The Morgan fingerprint density at radius 2 is 2.31 bits per heavy atom. The lowest BCUT2D eigenvalue weighted by molar-refractivity contribution is -0.111. The van der Waals surface area contributed by atoms with E-state index < -0.39 is 11.1 Å². The van der Waals surface area contributed by atoms with Crippen LogP contribution in [0.4, 0.5) is 4.39 Å². The molecule has 0 aromatic heterocycles. The summed E-state index contributed by atoms with van der Waals surface area (Å²) in [7, 11) is 1.41. The predicted octanol–water partition coefficient (Wildman–Crippen LogP) is 2.14. The molecule has 0 fully saturated rings. The second-order valence-corrected chi connectivity index (χ2v) is 2.91. The summed E-state index contributed by atoms with van der Waals surface area (Å²) in [6, 6.07) is 3.96. The van der Waals surface area contributed by atoms with Crippen LogP contribution in [-0.4, -0.2) is 12.4 Å². The van der Waals surface area contributed by atoms with Crippen LogP contribution in [0.25, 0.3) is 0 Å². The van der Waals surface area contributed by atoms with E-state index in [2.05, 4.69) is 0 Å². The summed E-state index contributed by atoms with van der Waals surface area (Å²) in [5.41, 5.74) is 0.587. The van der Waals surface area contributed by atoms with Crippen molar-refractivity contribution < 1.29 is 13.9 Å². The highest BCUT2D eigenvalue weighted by Gasteiger charge is 2.07. The van der Waals surface area contributed by atoms with Crippen molar-refractivity contribution in [3.63, 3.8) is 0 Å². The first-order chi connectivity index (χ1) is 6.13. The van der Waals surface area contributed by atoms with E-state index >= 15 is 0 Å². The van der Waals surface area contributed by atoms with Crippen molar-refractivity contribution in [1.29, 1.82) is 0 Å². The number of hydrogen-bond donors (Lipinski definition) is 0. The highest BCUT2D eigenvalue weighted by molar-refractivity contribution is 6.63. The molecule has 0 N–H and O–H groups in total. The highest BCUT2D eigenvalue weighted by Crippen LogP contribution is 2.20. The fourth-order valence-electron chi connectivity index (χ4n) is 1.01. The highest BCUT2D eigenvalue weighted by atomic mass is 35.5. The maximum Gasteiger partial charge on any atom is 0.226 e. The van der Waals surface area contributed by atoms with Gasteiger partial charge in [0.2, 0.25) is 5.24 Å². The van der Waals surface area contributed by atoms with Gasteiger partial charge in [-0.25, -0.2) is 4.39 Å². The van der Waals surface area contributed by atoms with E-state index in [1.54, 1.807) is 0 Å². The monoisotopic (exact) mass is 202 g/mol. The second-order valence-electron chi connectivity index (χ2n) is 2.49. The molecule has 0 aliphatic heterocycles. The number of methoxy groups -OCH3 is 1. The molecule has 0 heterocycles. The molecule has 0 radical (unpaired) electrons. The number of halogens is 2. The van der Waals surface area contributed by atoms with Crippen molar-refractivity contribution >= 4 is 16.8 Å². The van der Waals surface area contributed by atoms with Gasteiger partial charge >= 0.3 is 0 Å². The lowest BCUT2D eigenvalue weighted by Gasteiger charge is -2.05. The molecule has 0 bridgehead atoms. The molecule has 4 heteroatoms. The van der Waals surface area contributed by atoms with Crippen molar-refractivity contribution in [2.75, 3.05) is 7.11 Å². The Bertz CT molecular complexity index is 325. The summed E-state index contributed by atoms with van der Waals surface area (Å²) < 4.78 is 17.5. The molecular formula is C9H8ClFO2. The maximum atomic E-state index is 12.7. The Balaban J connectivity index is 2.99. The molecule has 0 spiro atoms. The average molecular weight is 203 g/mol. The van der Waals surface area contributed by atoms with Crippen molar-refractivity contribution in [2.45, 2.75) is 6.42 Å². The molecule has 0 saturated heterocycles. The third-order valence-corrected chi connectivity index (χ3v) is 1.71. The number of carbonyl (C=O) groups excluding carboxylic acids is 1. The van der Waals surface area contributed by atoms with Gasteiger partial charge in [0.15, 0.2) is 0 Å². The summed E-state index contributed by atoms with van der Waals surface area (Å²) >= 11 is 5.19. The van der Waals surface area contributed by atoms with E-state index in [0.717, 1.165) is 0 Å². The fourth-order valence-corrected chi connectivity index (χ4v) is 1.16. The zero-order valence-corrected chi connectivity index (χ0v) is 7.77. The average Bonchev–Trinajstić information content (AvgIpc) is 2.07. The molecule has 2 nitrogen and oxygen atoms in total. The van der Waals surface area contributed by atoms with Crippen molar-refractivity contribution in [3.8, 4) is 5.75 Å². The van der Waals surface area contributed by atoms with Crippen LogP contribution in [0.3, 0.4) is 0 Å². The molecule has 0 amide bonds. The van der Waals surface area contributed by atoms with E-state index in [-0.39, 0.29) is 6.42 Å². The largest absolute Gasteiger partial charge is 0.496 e. The van der Waals surface area contributed by atoms with Gasteiger partial charge in [-0.15, -0.1) is 0 Å².